The van der Waals surface area contributed by atoms with Crippen LogP contribution in [0.25, 0.3) is 11.1 Å². The number of anilines is 2. The Morgan fingerprint density at radius 1 is 0.818 bits per heavy atom. The molecule has 3 amide bonds. The molecule has 3 rings (SSSR count). The molecule has 1 heterocycles. The Balaban J connectivity index is 1.40. The Hall–Kier alpha value is -3.19. The molecule has 2 aromatic carbocycles. The van der Waals surface area contributed by atoms with E-state index in [0.29, 0.717) is 6.42 Å². The summed E-state index contributed by atoms with van der Waals surface area (Å²) in [4.78, 5) is 39.4. The van der Waals surface area contributed by atoms with Crippen LogP contribution in [0.5, 0.6) is 0 Å². The van der Waals surface area contributed by atoms with Crippen LogP contribution in [0.2, 0.25) is 0 Å². The first-order valence-corrected chi connectivity index (χ1v) is 11.7. The number of amides is 3. The van der Waals surface area contributed by atoms with Crippen LogP contribution < -0.4 is 10.6 Å². The lowest BCUT2D eigenvalue weighted by Crippen LogP contribution is -2.34. The predicted molar refractivity (Wildman–Crippen MR) is 132 cm³/mol. The molecule has 0 spiro atoms. The van der Waals surface area contributed by atoms with Gasteiger partial charge in [0.25, 0.3) is 0 Å². The smallest absolute Gasteiger partial charge is 0.224 e. The van der Waals surface area contributed by atoms with Crippen molar-refractivity contribution in [3.05, 3.63) is 48.5 Å². The van der Waals surface area contributed by atoms with Crippen molar-refractivity contribution in [3.8, 4) is 11.1 Å². The fourth-order valence-electron chi connectivity index (χ4n) is 4.08. The lowest BCUT2D eigenvalue weighted by Gasteiger charge is -2.20. The van der Waals surface area contributed by atoms with E-state index >= 15 is 0 Å². The highest BCUT2D eigenvalue weighted by Gasteiger charge is 2.16. The van der Waals surface area contributed by atoms with E-state index in [-0.39, 0.29) is 17.7 Å². The summed E-state index contributed by atoms with van der Waals surface area (Å²) in [5.41, 5.74) is 3.55. The number of hydrogen-bond donors (Lipinski definition) is 2. The van der Waals surface area contributed by atoms with Gasteiger partial charge in [-0.2, -0.15) is 0 Å². The predicted octanol–water partition coefficient (Wildman–Crippen LogP) is 3.98. The summed E-state index contributed by atoms with van der Waals surface area (Å²) >= 11 is 0. The van der Waals surface area contributed by atoms with E-state index in [4.69, 9.17) is 0 Å². The van der Waals surface area contributed by atoms with Crippen LogP contribution in [0.15, 0.2) is 48.5 Å². The molecule has 0 aromatic heterocycles. The topological polar surface area (TPSA) is 81.8 Å². The third kappa shape index (κ3) is 8.02. The maximum Gasteiger partial charge on any atom is 0.224 e. The van der Waals surface area contributed by atoms with Gasteiger partial charge in [-0.25, -0.2) is 0 Å². The van der Waals surface area contributed by atoms with Gasteiger partial charge >= 0.3 is 0 Å². The Kier molecular flexibility index (Phi) is 9.01. The van der Waals surface area contributed by atoms with Crippen LogP contribution in [0.4, 0.5) is 11.4 Å². The third-order valence-electron chi connectivity index (χ3n) is 5.85. The number of carbonyl (C=O) groups excluding carboxylic acids is 3. The van der Waals surface area contributed by atoms with Gasteiger partial charge in [0.2, 0.25) is 17.7 Å². The molecule has 7 nitrogen and oxygen atoms in total. The van der Waals surface area contributed by atoms with Gasteiger partial charge < -0.3 is 20.4 Å². The molecule has 1 aliphatic rings. The summed E-state index contributed by atoms with van der Waals surface area (Å²) in [7, 11) is 0. The van der Waals surface area contributed by atoms with E-state index < -0.39 is 0 Å². The summed E-state index contributed by atoms with van der Waals surface area (Å²) in [6, 6.07) is 15.4. The molecule has 0 bridgehead atoms. The van der Waals surface area contributed by atoms with Gasteiger partial charge in [-0.3, -0.25) is 14.4 Å². The molecule has 0 saturated carbocycles. The van der Waals surface area contributed by atoms with E-state index in [2.05, 4.69) is 15.5 Å². The molecule has 1 saturated heterocycles. The van der Waals surface area contributed by atoms with E-state index in [1.165, 1.54) is 6.92 Å². The second-order valence-electron chi connectivity index (χ2n) is 8.55. The van der Waals surface area contributed by atoms with Crippen LogP contribution in [-0.2, 0) is 14.4 Å². The number of carbonyl (C=O) groups is 3. The zero-order valence-corrected chi connectivity index (χ0v) is 19.6. The lowest BCUT2D eigenvalue weighted by atomic mass is 10.0. The van der Waals surface area contributed by atoms with Gasteiger partial charge in [0.15, 0.2) is 0 Å². The molecule has 2 N–H and O–H groups in total. The maximum absolute atomic E-state index is 12.3. The van der Waals surface area contributed by atoms with Crippen molar-refractivity contribution in [1.82, 2.24) is 9.80 Å². The average Bonchev–Trinajstić information content (AvgIpc) is 3.03. The fourth-order valence-corrected chi connectivity index (χ4v) is 4.08. The first-order chi connectivity index (χ1) is 15.9. The first kappa shape index (κ1) is 24.5. The van der Waals surface area contributed by atoms with E-state index in [9.17, 15) is 14.4 Å². The van der Waals surface area contributed by atoms with Gasteiger partial charge in [0, 0.05) is 51.3 Å². The zero-order chi connectivity index (χ0) is 23.6. The van der Waals surface area contributed by atoms with Gasteiger partial charge in [-0.1, -0.05) is 24.3 Å². The summed E-state index contributed by atoms with van der Waals surface area (Å²) in [6.45, 7) is 7.64. The third-order valence-corrected chi connectivity index (χ3v) is 5.85. The van der Waals surface area contributed by atoms with Gasteiger partial charge in [-0.05, 0) is 67.7 Å². The molecular weight excluding hydrogens is 416 g/mol. The van der Waals surface area contributed by atoms with Gasteiger partial charge in [-0.15, -0.1) is 0 Å². The summed E-state index contributed by atoms with van der Waals surface area (Å²) < 4.78 is 0. The molecule has 0 unspecified atom stereocenters. The minimum Gasteiger partial charge on any atom is -0.342 e. The molecule has 2 aromatic rings. The summed E-state index contributed by atoms with van der Waals surface area (Å²) in [5, 5.41) is 5.76. The number of nitrogens with one attached hydrogen (secondary N) is 2. The highest BCUT2D eigenvalue weighted by molar-refractivity contribution is 5.91. The Labute approximate surface area is 196 Å². The van der Waals surface area contributed by atoms with Crippen LogP contribution in [-0.4, -0.2) is 60.2 Å². The summed E-state index contributed by atoms with van der Waals surface area (Å²) in [6.07, 6.45) is 3.31. The van der Waals surface area contributed by atoms with E-state index in [1.54, 1.807) is 6.92 Å². The van der Waals surface area contributed by atoms with Crippen molar-refractivity contribution >= 4 is 29.1 Å². The second kappa shape index (κ2) is 12.2. The van der Waals surface area contributed by atoms with E-state index in [0.717, 1.165) is 74.5 Å². The normalized spacial score (nSPS) is 14.4. The molecule has 0 radical (unpaired) electrons. The van der Waals surface area contributed by atoms with Crippen molar-refractivity contribution in [3.63, 3.8) is 0 Å². The Morgan fingerprint density at radius 3 is 2.33 bits per heavy atom. The molecule has 1 aliphatic heterocycles. The van der Waals surface area contributed by atoms with Gasteiger partial charge in [0.1, 0.15) is 0 Å². The molecule has 0 atom stereocenters. The van der Waals surface area contributed by atoms with E-state index in [1.807, 2.05) is 53.4 Å². The van der Waals surface area contributed by atoms with Crippen LogP contribution in [0.3, 0.4) is 0 Å². The van der Waals surface area contributed by atoms with Crippen LogP contribution in [0, 0.1) is 0 Å². The fraction of sp³-hybridized carbons (Fsp3) is 0.423. The number of nitrogens with zero attached hydrogens (tertiary/aromatic N) is 2. The van der Waals surface area contributed by atoms with Crippen molar-refractivity contribution in [2.75, 3.05) is 43.4 Å². The molecule has 33 heavy (non-hydrogen) atoms. The minimum absolute atomic E-state index is 0.0222. The Bertz CT molecular complexity index is 958. The van der Waals surface area contributed by atoms with Crippen molar-refractivity contribution in [2.24, 2.45) is 0 Å². The van der Waals surface area contributed by atoms with Crippen molar-refractivity contribution in [1.29, 1.82) is 0 Å². The standard InChI is InChI=1S/C26H34N4O3/c1-20(31)27-25-8-5-7-23(19-25)22-10-12-24(13-11-22)28-26(33)9-3-4-14-29-15-6-16-30(18-17-29)21(2)32/h5,7-8,10-13,19H,3-4,6,9,14-18H2,1-2H3,(H,27,31)(H,28,33). The number of rotatable bonds is 8. The maximum atomic E-state index is 12.3. The van der Waals surface area contributed by atoms with Crippen LogP contribution in [0.1, 0.15) is 39.5 Å². The first-order valence-electron chi connectivity index (χ1n) is 11.7. The number of benzene rings is 2. The second-order valence-corrected chi connectivity index (χ2v) is 8.55. The average molecular weight is 451 g/mol. The highest BCUT2D eigenvalue weighted by Crippen LogP contribution is 2.24. The molecule has 7 heteroatoms. The van der Waals surface area contributed by atoms with Gasteiger partial charge in [0.05, 0.1) is 0 Å². The quantitative estimate of drug-likeness (QED) is 0.596. The monoisotopic (exact) mass is 450 g/mol. The molecule has 1 fully saturated rings. The zero-order valence-electron chi connectivity index (χ0n) is 19.6. The minimum atomic E-state index is -0.101. The molecule has 0 aliphatic carbocycles. The number of unbranched alkanes of at least 4 members (excludes halogenated alkanes) is 1. The summed E-state index contributed by atoms with van der Waals surface area (Å²) in [5.74, 6) is 0.0744. The van der Waals surface area contributed by atoms with Crippen LogP contribution >= 0.6 is 0 Å². The largest absolute Gasteiger partial charge is 0.342 e. The number of hydrogen-bond acceptors (Lipinski definition) is 4. The SMILES string of the molecule is CC(=O)Nc1cccc(-c2ccc(NC(=O)CCCCN3CCCN(C(C)=O)CC3)cc2)c1. The lowest BCUT2D eigenvalue weighted by molar-refractivity contribution is -0.128. The molecular formula is C26H34N4O3. The highest BCUT2D eigenvalue weighted by atomic mass is 16.2. The van der Waals surface area contributed by atoms with Crippen molar-refractivity contribution in [2.45, 2.75) is 39.5 Å². The molecule has 176 valence electrons. The van der Waals surface area contributed by atoms with Crippen molar-refractivity contribution < 1.29 is 14.4 Å². The Morgan fingerprint density at radius 2 is 1.61 bits per heavy atom.